The van der Waals surface area contributed by atoms with Gasteiger partial charge in [0.05, 0.1) is 17.3 Å². The summed E-state index contributed by atoms with van der Waals surface area (Å²) < 4.78 is 0. The average molecular weight is 497 g/mol. The number of nitrogens with zero attached hydrogens (tertiary/aromatic N) is 2. The van der Waals surface area contributed by atoms with Gasteiger partial charge in [-0.25, -0.2) is 4.98 Å². The Morgan fingerprint density at radius 1 is 0.743 bits per heavy atom. The van der Waals surface area contributed by atoms with E-state index in [2.05, 4.69) is 49.1 Å². The van der Waals surface area contributed by atoms with Crippen LogP contribution in [0.15, 0.2) is 60.7 Å². The lowest BCUT2D eigenvalue weighted by Crippen LogP contribution is -2.31. The van der Waals surface area contributed by atoms with E-state index in [0.29, 0.717) is 6.54 Å². The van der Waals surface area contributed by atoms with E-state index in [9.17, 15) is 5.11 Å². The van der Waals surface area contributed by atoms with Gasteiger partial charge in [-0.1, -0.05) is 114 Å². The van der Waals surface area contributed by atoms with E-state index in [4.69, 9.17) is 4.98 Å². The number of fused-ring (bicyclic) bond motifs is 1. The number of unbranched alkanes of at least 4 members (excludes halogenated alkanes) is 8. The van der Waals surface area contributed by atoms with Crippen LogP contribution >= 0.6 is 12.4 Å². The zero-order valence-corrected chi connectivity index (χ0v) is 22.6. The smallest absolute Gasteiger partial charge is 0.0924 e. The van der Waals surface area contributed by atoms with Crippen molar-refractivity contribution in [1.82, 2.24) is 9.88 Å². The molecule has 2 aromatic carbocycles. The molecule has 1 unspecified atom stereocenters. The van der Waals surface area contributed by atoms with Crippen LogP contribution in [0.4, 0.5) is 0 Å². The van der Waals surface area contributed by atoms with Crippen molar-refractivity contribution >= 4 is 23.3 Å². The molecule has 3 rings (SSSR count). The number of rotatable bonds is 16. The van der Waals surface area contributed by atoms with Crippen LogP contribution in [0.3, 0.4) is 0 Å². The first-order valence-corrected chi connectivity index (χ1v) is 13.6. The molecule has 35 heavy (non-hydrogen) atoms. The van der Waals surface area contributed by atoms with Crippen molar-refractivity contribution in [2.24, 2.45) is 0 Å². The van der Waals surface area contributed by atoms with Crippen LogP contribution in [-0.4, -0.2) is 34.6 Å². The van der Waals surface area contributed by atoms with Gasteiger partial charge in [0.2, 0.25) is 0 Å². The summed E-state index contributed by atoms with van der Waals surface area (Å²) in [4.78, 5) is 7.40. The van der Waals surface area contributed by atoms with E-state index < -0.39 is 6.10 Å². The molecule has 0 amide bonds. The van der Waals surface area contributed by atoms with E-state index in [0.717, 1.165) is 40.8 Å². The molecule has 0 bridgehead atoms. The summed E-state index contributed by atoms with van der Waals surface area (Å²) >= 11 is 0. The average Bonchev–Trinajstić information content (AvgIpc) is 2.88. The normalized spacial score (nSPS) is 12.1. The maximum Gasteiger partial charge on any atom is 0.0924 e. The van der Waals surface area contributed by atoms with Gasteiger partial charge in [-0.2, -0.15) is 0 Å². The second-order valence-electron chi connectivity index (χ2n) is 9.62. The molecule has 3 aromatic rings. The first-order valence-electron chi connectivity index (χ1n) is 13.6. The summed E-state index contributed by atoms with van der Waals surface area (Å²) in [6.07, 6.45) is 12.3. The Bertz CT molecular complexity index is 949. The van der Waals surface area contributed by atoms with E-state index in [1.54, 1.807) is 0 Å². The second kappa shape index (κ2) is 16.7. The van der Waals surface area contributed by atoms with E-state index >= 15 is 0 Å². The summed E-state index contributed by atoms with van der Waals surface area (Å²) in [6.45, 7) is 7.36. The predicted octanol–water partition coefficient (Wildman–Crippen LogP) is 8.60. The number of aromatic nitrogens is 1. The largest absolute Gasteiger partial charge is 0.387 e. The molecule has 0 aliphatic heterocycles. The predicted molar refractivity (Wildman–Crippen MR) is 153 cm³/mol. The van der Waals surface area contributed by atoms with Crippen molar-refractivity contribution in [3.05, 3.63) is 66.2 Å². The third-order valence-electron chi connectivity index (χ3n) is 6.76. The van der Waals surface area contributed by atoms with Gasteiger partial charge in [-0.05, 0) is 43.6 Å². The molecule has 0 radical (unpaired) electrons. The van der Waals surface area contributed by atoms with Crippen LogP contribution in [0.2, 0.25) is 0 Å². The van der Waals surface area contributed by atoms with Gasteiger partial charge in [0.25, 0.3) is 0 Å². The summed E-state index contributed by atoms with van der Waals surface area (Å²) in [6, 6.07) is 20.6. The molecule has 0 aliphatic rings. The van der Waals surface area contributed by atoms with E-state index in [1.807, 2.05) is 30.3 Å². The van der Waals surface area contributed by atoms with Crippen LogP contribution in [0.5, 0.6) is 0 Å². The first-order chi connectivity index (χ1) is 16.7. The molecule has 0 spiro atoms. The highest BCUT2D eigenvalue weighted by molar-refractivity contribution is 5.86. The molecule has 1 heterocycles. The highest BCUT2D eigenvalue weighted by Crippen LogP contribution is 2.29. The quantitative estimate of drug-likeness (QED) is 0.202. The second-order valence-corrected chi connectivity index (χ2v) is 9.62. The third-order valence-corrected chi connectivity index (χ3v) is 6.76. The fourth-order valence-electron chi connectivity index (χ4n) is 4.75. The van der Waals surface area contributed by atoms with Crippen molar-refractivity contribution < 1.29 is 5.11 Å². The van der Waals surface area contributed by atoms with Crippen molar-refractivity contribution in [3.8, 4) is 11.3 Å². The third kappa shape index (κ3) is 9.56. The Labute approximate surface area is 219 Å². The number of aliphatic hydroxyl groups excluding tert-OH is 1. The molecule has 3 nitrogen and oxygen atoms in total. The van der Waals surface area contributed by atoms with Crippen LogP contribution in [0, 0.1) is 0 Å². The van der Waals surface area contributed by atoms with Gasteiger partial charge in [-0.15, -0.1) is 12.4 Å². The van der Waals surface area contributed by atoms with Gasteiger partial charge in [0, 0.05) is 17.5 Å². The highest BCUT2D eigenvalue weighted by atomic mass is 35.5. The minimum atomic E-state index is -0.526. The lowest BCUT2D eigenvalue weighted by Gasteiger charge is -2.26. The number of para-hydroxylation sites is 1. The Morgan fingerprint density at radius 3 is 1.94 bits per heavy atom. The number of halogens is 1. The molecule has 0 aliphatic carbocycles. The molecule has 0 saturated heterocycles. The number of pyridine rings is 1. The topological polar surface area (TPSA) is 36.4 Å². The summed E-state index contributed by atoms with van der Waals surface area (Å²) in [5, 5.41) is 12.5. The number of hydrogen-bond acceptors (Lipinski definition) is 3. The molecular formula is C31H45ClN2O. The first kappa shape index (κ1) is 29.3. The SMILES string of the molecule is CCCCCCCN(CCCCCCC)CC(O)c1cc(-c2ccccc2)nc2ccccc12.Cl. The van der Waals surface area contributed by atoms with Crippen LogP contribution < -0.4 is 0 Å². The summed E-state index contributed by atoms with van der Waals surface area (Å²) in [5.74, 6) is 0. The Balaban J connectivity index is 0.00000432. The van der Waals surface area contributed by atoms with E-state index in [-0.39, 0.29) is 12.4 Å². The van der Waals surface area contributed by atoms with Gasteiger partial charge in [-0.3, -0.25) is 0 Å². The van der Waals surface area contributed by atoms with Crippen molar-refractivity contribution in [2.45, 2.75) is 84.2 Å². The Hall–Kier alpha value is -1.94. The number of aliphatic hydroxyl groups is 1. The van der Waals surface area contributed by atoms with Crippen molar-refractivity contribution in [3.63, 3.8) is 0 Å². The molecule has 1 N–H and O–H groups in total. The molecule has 0 fully saturated rings. The van der Waals surface area contributed by atoms with Crippen molar-refractivity contribution in [1.29, 1.82) is 0 Å². The Morgan fingerprint density at radius 2 is 1.31 bits per heavy atom. The summed E-state index contributed by atoms with van der Waals surface area (Å²) in [5.41, 5.74) is 3.96. The van der Waals surface area contributed by atoms with E-state index in [1.165, 1.54) is 64.2 Å². The standard InChI is InChI=1S/C31H44N2O.ClH/c1-3-5-7-9-16-22-33(23-17-10-8-6-4-2)25-31(34)28-24-30(26-18-12-11-13-19-26)32-29-21-15-14-20-27(28)29;/h11-15,18-21,24,31,34H,3-10,16-17,22-23,25H2,1-2H3;1H. The number of benzene rings is 2. The number of hydrogen-bond donors (Lipinski definition) is 1. The van der Waals surface area contributed by atoms with Gasteiger partial charge in [0.15, 0.2) is 0 Å². The van der Waals surface area contributed by atoms with Gasteiger partial charge >= 0.3 is 0 Å². The fraction of sp³-hybridized carbons (Fsp3) is 0.516. The van der Waals surface area contributed by atoms with Gasteiger partial charge in [0.1, 0.15) is 0 Å². The molecular weight excluding hydrogens is 452 g/mol. The monoisotopic (exact) mass is 496 g/mol. The molecule has 0 saturated carbocycles. The minimum absolute atomic E-state index is 0. The summed E-state index contributed by atoms with van der Waals surface area (Å²) in [7, 11) is 0. The van der Waals surface area contributed by atoms with Crippen LogP contribution in [0.1, 0.15) is 89.7 Å². The molecule has 1 atom stereocenters. The fourth-order valence-corrected chi connectivity index (χ4v) is 4.75. The zero-order valence-electron chi connectivity index (χ0n) is 21.8. The minimum Gasteiger partial charge on any atom is -0.387 e. The molecule has 4 heteroatoms. The van der Waals surface area contributed by atoms with Crippen LogP contribution in [0.25, 0.3) is 22.2 Å². The van der Waals surface area contributed by atoms with Crippen LogP contribution in [-0.2, 0) is 0 Å². The zero-order chi connectivity index (χ0) is 24.0. The lowest BCUT2D eigenvalue weighted by molar-refractivity contribution is 0.111. The lowest BCUT2D eigenvalue weighted by atomic mass is 9.99. The van der Waals surface area contributed by atoms with Gasteiger partial charge < -0.3 is 10.0 Å². The highest BCUT2D eigenvalue weighted by Gasteiger charge is 2.18. The molecule has 192 valence electrons. The van der Waals surface area contributed by atoms with Crippen molar-refractivity contribution in [2.75, 3.05) is 19.6 Å². The maximum atomic E-state index is 11.5. The maximum absolute atomic E-state index is 11.5. The Kier molecular flexibility index (Phi) is 14.0. The molecule has 1 aromatic heterocycles.